The number of carbonyl (C=O) groups is 2. The lowest BCUT2D eigenvalue weighted by Gasteiger charge is -2.31. The number of halogens is 1. The Bertz CT molecular complexity index is 1790. The number of nitrogens with one attached hydrogen (secondary N) is 2. The van der Waals surface area contributed by atoms with Crippen molar-refractivity contribution in [2.45, 2.75) is 75.9 Å². The van der Waals surface area contributed by atoms with Crippen LogP contribution in [0.15, 0.2) is 52.9 Å². The van der Waals surface area contributed by atoms with Gasteiger partial charge in [0.15, 0.2) is 0 Å². The second-order valence-electron chi connectivity index (χ2n) is 15.4. The summed E-state index contributed by atoms with van der Waals surface area (Å²) in [5, 5.41) is 5.88. The molecule has 2 bridgehead atoms. The fourth-order valence-corrected chi connectivity index (χ4v) is 10.2. The van der Waals surface area contributed by atoms with Gasteiger partial charge in [0.25, 0.3) is 5.91 Å². The smallest absolute Gasteiger partial charge is 0.316 e. The Kier molecular flexibility index (Phi) is 9.15. The number of fused-ring (bicyclic) bond motifs is 3. The molecular formula is C38H47ClN4O6S. The van der Waals surface area contributed by atoms with Gasteiger partial charge in [-0.1, -0.05) is 36.7 Å². The number of benzene rings is 2. The van der Waals surface area contributed by atoms with Gasteiger partial charge in [-0.2, -0.15) is 4.36 Å². The maximum absolute atomic E-state index is 13.9. The zero-order valence-electron chi connectivity index (χ0n) is 28.7. The molecule has 0 aromatic heterocycles. The van der Waals surface area contributed by atoms with Crippen molar-refractivity contribution in [2.24, 2.45) is 32.9 Å². The summed E-state index contributed by atoms with van der Waals surface area (Å²) in [6.45, 7) is 5.27. The minimum Gasteiger partial charge on any atom is -0.491 e. The number of hydrogen-bond donors (Lipinski definition) is 3. The Morgan fingerprint density at radius 1 is 1.12 bits per heavy atom. The number of ether oxygens (including phenoxy) is 3. The minimum absolute atomic E-state index is 0.0130. The third-order valence-electron chi connectivity index (χ3n) is 12.2. The average molecular weight is 723 g/mol. The van der Waals surface area contributed by atoms with Gasteiger partial charge < -0.3 is 29.7 Å². The predicted molar refractivity (Wildman–Crippen MR) is 193 cm³/mol. The van der Waals surface area contributed by atoms with Crippen LogP contribution >= 0.6 is 11.6 Å². The third kappa shape index (κ3) is 6.55. The fraction of sp³-hybridized carbons (Fsp3) is 0.579. The first-order valence-corrected chi connectivity index (χ1v) is 19.7. The second-order valence-corrected chi connectivity index (χ2v) is 17.2. The molecule has 268 valence electrons. The number of allylic oxidation sites excluding steroid dienone is 1. The van der Waals surface area contributed by atoms with Crippen LogP contribution in [-0.4, -0.2) is 67.1 Å². The van der Waals surface area contributed by atoms with Gasteiger partial charge >= 0.3 is 6.03 Å². The molecule has 2 spiro atoms. The van der Waals surface area contributed by atoms with E-state index in [1.807, 2.05) is 25.1 Å². The second kappa shape index (κ2) is 13.5. The number of nitrogens with zero attached hydrogens (tertiary/aromatic N) is 2. The summed E-state index contributed by atoms with van der Waals surface area (Å²) in [5.41, 5.74) is 3.71. The van der Waals surface area contributed by atoms with Crippen LogP contribution in [0.2, 0.25) is 5.02 Å². The van der Waals surface area contributed by atoms with E-state index < -0.39 is 27.9 Å². The summed E-state index contributed by atoms with van der Waals surface area (Å²) in [6.07, 6.45) is 10.4. The molecule has 2 aromatic carbocycles. The number of hydrogen-bond acceptors (Lipinski definition) is 7. The summed E-state index contributed by atoms with van der Waals surface area (Å²) in [7, 11) is -0.739. The molecule has 1 saturated heterocycles. The Hall–Kier alpha value is -3.12. The summed E-state index contributed by atoms with van der Waals surface area (Å²) in [4.78, 5) is 29.4. The number of urea groups is 1. The zero-order chi connectivity index (χ0) is 34.6. The Labute approximate surface area is 300 Å². The Morgan fingerprint density at radius 3 is 2.80 bits per heavy atom. The van der Waals surface area contributed by atoms with Crippen molar-refractivity contribution in [3.05, 3.63) is 70.3 Å². The van der Waals surface area contributed by atoms with Gasteiger partial charge in [0.05, 0.1) is 35.6 Å². The van der Waals surface area contributed by atoms with E-state index in [9.17, 15) is 13.8 Å². The highest BCUT2D eigenvalue weighted by atomic mass is 35.5. The molecule has 2 N–H and O–H groups in total. The first-order chi connectivity index (χ1) is 24.2. The van der Waals surface area contributed by atoms with Crippen LogP contribution in [0.4, 0.5) is 10.5 Å². The lowest BCUT2D eigenvalue weighted by atomic mass is 9.96. The van der Waals surface area contributed by atoms with Crippen LogP contribution < -0.4 is 20.3 Å². The van der Waals surface area contributed by atoms with Gasteiger partial charge in [0, 0.05) is 48.8 Å². The van der Waals surface area contributed by atoms with Crippen molar-refractivity contribution in [3.8, 4) is 5.75 Å². The van der Waals surface area contributed by atoms with Crippen LogP contribution in [0, 0.1) is 28.6 Å². The first-order valence-electron chi connectivity index (χ1n) is 18.1. The topological polar surface area (TPSA) is 119 Å². The molecule has 9 atom stereocenters. The molecule has 0 radical (unpaired) electrons. The highest BCUT2D eigenvalue weighted by Gasteiger charge is 2.80. The van der Waals surface area contributed by atoms with Crippen molar-refractivity contribution in [3.63, 3.8) is 0 Å². The molecule has 4 fully saturated rings. The molecule has 50 heavy (non-hydrogen) atoms. The molecule has 6 aliphatic rings. The third-order valence-corrected chi connectivity index (χ3v) is 13.9. The number of thiol groups is 1. The molecule has 3 aliphatic carbocycles. The number of amides is 3. The van der Waals surface area contributed by atoms with E-state index >= 15 is 0 Å². The van der Waals surface area contributed by atoms with E-state index in [-0.39, 0.29) is 28.9 Å². The average Bonchev–Trinajstić information content (AvgIpc) is 4.02. The fourth-order valence-electron chi connectivity index (χ4n) is 8.77. The number of methoxy groups -OCH3 is 1. The monoisotopic (exact) mass is 722 g/mol. The summed E-state index contributed by atoms with van der Waals surface area (Å²) in [6, 6.07) is 11.2. The molecular weight excluding hydrogens is 676 g/mol. The van der Waals surface area contributed by atoms with Crippen LogP contribution in [0.5, 0.6) is 5.75 Å². The normalized spacial score (nSPS) is 37.1. The molecule has 3 amide bonds. The Balaban J connectivity index is 1.14. The summed E-state index contributed by atoms with van der Waals surface area (Å²) < 4.78 is 36.2. The van der Waals surface area contributed by atoms with Crippen molar-refractivity contribution in [1.29, 1.82) is 0 Å². The Morgan fingerprint density at radius 2 is 2.00 bits per heavy atom. The molecule has 4 unspecified atom stereocenters. The first kappa shape index (κ1) is 34.0. The van der Waals surface area contributed by atoms with Crippen LogP contribution in [0.25, 0.3) is 0 Å². The minimum atomic E-state index is -2.50. The van der Waals surface area contributed by atoms with Gasteiger partial charge in [-0.15, -0.1) is 0 Å². The standard InChI is InChI=1S/C38H47ClN4O6S/c1-23-6-5-8-31(47-2)33-28-18-38(28,33)21-43-20-26-9-11-27(39)16-24(26)7-3-4-14-49-30-12-10-25(17-29(30)43)34(44)42-50(46)35(23)41-36(45)40-32-19-37(32)13-15-48-22-37/h5,8-12,16-17,23,28,31-33,35,50H,3-4,6-7,13-15,18-22H2,1-2H3,(H2,40,41,45)/b8-5+/t23-,28?,31-,32-,33-,35?,37?,38-/m0/s1. The molecule has 8 rings (SSSR count). The largest absolute Gasteiger partial charge is 0.491 e. The van der Waals surface area contributed by atoms with Crippen LogP contribution in [0.3, 0.4) is 0 Å². The number of rotatable bonds is 3. The van der Waals surface area contributed by atoms with E-state index in [0.29, 0.717) is 55.9 Å². The maximum Gasteiger partial charge on any atom is 0.316 e. The molecule has 12 heteroatoms. The van der Waals surface area contributed by atoms with E-state index in [1.54, 1.807) is 13.2 Å². The number of carbonyl (C=O) groups excluding carboxylic acids is 2. The van der Waals surface area contributed by atoms with Crippen molar-refractivity contribution < 1.29 is 28.0 Å². The predicted octanol–water partition coefficient (Wildman–Crippen LogP) is 5.92. The summed E-state index contributed by atoms with van der Waals surface area (Å²) in [5.74, 6) is 0.821. The van der Waals surface area contributed by atoms with Gasteiger partial charge in [0.2, 0.25) is 0 Å². The molecule has 10 nitrogen and oxygen atoms in total. The maximum atomic E-state index is 13.9. The van der Waals surface area contributed by atoms with Gasteiger partial charge in [0.1, 0.15) is 11.1 Å². The van der Waals surface area contributed by atoms with Gasteiger partial charge in [-0.25, -0.2) is 4.79 Å². The summed E-state index contributed by atoms with van der Waals surface area (Å²) >= 11 is 6.47. The number of aryl methyl sites for hydroxylation is 1. The van der Waals surface area contributed by atoms with Gasteiger partial charge in [-0.05, 0) is 110 Å². The quantitative estimate of drug-likeness (QED) is 0.266. The molecule has 2 aromatic rings. The molecule has 3 heterocycles. The molecule has 3 saturated carbocycles. The zero-order valence-corrected chi connectivity index (χ0v) is 30.4. The van der Waals surface area contributed by atoms with Crippen molar-refractivity contribution >= 4 is 39.8 Å². The lowest BCUT2D eigenvalue weighted by Crippen LogP contribution is -2.47. The SMILES string of the molecule is CO[C@H]1/C=C/C[C@H](C)C(NC(=O)N[C@H]2CC23CCOC3)/[SH](=O)=N\C(=O)c2ccc3c(c2)N(Cc2ccc(Cl)cc2CCCCO3)C[C@@]23CC2[C@@H]13. The van der Waals surface area contributed by atoms with Crippen LogP contribution in [-0.2, 0) is 33.0 Å². The van der Waals surface area contributed by atoms with E-state index in [2.05, 4.69) is 44.2 Å². The van der Waals surface area contributed by atoms with Crippen molar-refractivity contribution in [1.82, 2.24) is 10.6 Å². The number of anilines is 1. The highest BCUT2D eigenvalue weighted by molar-refractivity contribution is 7.76. The van der Waals surface area contributed by atoms with E-state index in [4.69, 9.17) is 25.8 Å². The molecule has 3 aliphatic heterocycles. The van der Waals surface area contributed by atoms with E-state index in [1.165, 1.54) is 11.1 Å². The lowest BCUT2D eigenvalue weighted by molar-refractivity contribution is 0.0965. The highest BCUT2D eigenvalue weighted by Crippen LogP contribution is 2.81. The van der Waals surface area contributed by atoms with E-state index in [0.717, 1.165) is 55.8 Å². The van der Waals surface area contributed by atoms with Crippen LogP contribution in [0.1, 0.15) is 66.9 Å². The van der Waals surface area contributed by atoms with Crippen molar-refractivity contribution in [2.75, 3.05) is 38.4 Å². The van der Waals surface area contributed by atoms with Gasteiger partial charge in [-0.3, -0.25) is 9.00 Å².